The number of Topliss-reactive ketones (excluding diaryl/α,β-unsaturated/α-hetero) is 1. The van der Waals surface area contributed by atoms with Gasteiger partial charge in [-0.2, -0.15) is 0 Å². The highest BCUT2D eigenvalue weighted by atomic mass is 16.5. The van der Waals surface area contributed by atoms with Crippen LogP contribution in [0.3, 0.4) is 0 Å². The number of nitrogens with one attached hydrogen (secondary N) is 1. The summed E-state index contributed by atoms with van der Waals surface area (Å²) in [7, 11) is 3.01. The predicted octanol–water partition coefficient (Wildman–Crippen LogP) is 1.34. The first-order valence-corrected chi connectivity index (χ1v) is 6.17. The quantitative estimate of drug-likeness (QED) is 0.840. The first kappa shape index (κ1) is 14.6. The van der Waals surface area contributed by atoms with Crippen molar-refractivity contribution in [3.63, 3.8) is 0 Å². The Morgan fingerprint density at radius 2 is 2.00 bits per heavy atom. The van der Waals surface area contributed by atoms with Gasteiger partial charge in [0.2, 0.25) is 0 Å². The van der Waals surface area contributed by atoms with Crippen molar-refractivity contribution in [2.75, 3.05) is 20.8 Å². The fraction of sp³-hybridized carbons (Fsp3) is 0.214. The van der Waals surface area contributed by atoms with Gasteiger partial charge in [-0.3, -0.25) is 9.36 Å². The number of methoxy groups -OCH3 is 2. The molecule has 0 atom stereocenters. The summed E-state index contributed by atoms with van der Waals surface area (Å²) in [5, 5.41) is 2.51. The molecule has 1 aromatic carbocycles. The number of carbonyl (C=O) groups is 2. The molecule has 1 heterocycles. The van der Waals surface area contributed by atoms with Crippen molar-refractivity contribution in [3.05, 3.63) is 42.5 Å². The molecular formula is C14H15N3O4. The van der Waals surface area contributed by atoms with E-state index in [1.165, 1.54) is 37.5 Å². The summed E-state index contributed by atoms with van der Waals surface area (Å²) in [5.41, 5.74) is 0.429. The largest absolute Gasteiger partial charge is 0.493 e. The highest BCUT2D eigenvalue weighted by Gasteiger charge is 2.12. The summed E-state index contributed by atoms with van der Waals surface area (Å²) in [6.07, 6.45) is 4.34. The Morgan fingerprint density at radius 1 is 1.24 bits per heavy atom. The smallest absolute Gasteiger partial charge is 0.327 e. The topological polar surface area (TPSA) is 82.5 Å². The molecule has 0 saturated heterocycles. The summed E-state index contributed by atoms with van der Waals surface area (Å²) < 4.78 is 11.5. The Kier molecular flexibility index (Phi) is 4.55. The van der Waals surface area contributed by atoms with Gasteiger partial charge in [0.1, 0.15) is 6.33 Å². The molecule has 1 aromatic heterocycles. The molecule has 110 valence electrons. The molecule has 7 nitrogen and oxygen atoms in total. The maximum Gasteiger partial charge on any atom is 0.327 e. The van der Waals surface area contributed by atoms with Gasteiger partial charge in [0.05, 0.1) is 20.8 Å². The average Bonchev–Trinajstić information content (AvgIpc) is 3.06. The van der Waals surface area contributed by atoms with Gasteiger partial charge >= 0.3 is 6.03 Å². The first-order valence-electron chi connectivity index (χ1n) is 6.17. The van der Waals surface area contributed by atoms with Crippen LogP contribution in [0.2, 0.25) is 0 Å². The number of imidazole rings is 1. The second-order valence-corrected chi connectivity index (χ2v) is 4.12. The fourth-order valence-electron chi connectivity index (χ4n) is 1.74. The van der Waals surface area contributed by atoms with Crippen molar-refractivity contribution >= 4 is 11.8 Å². The second-order valence-electron chi connectivity index (χ2n) is 4.12. The third-order valence-electron chi connectivity index (χ3n) is 2.84. The minimum Gasteiger partial charge on any atom is -0.493 e. The minimum absolute atomic E-state index is 0.119. The Bertz CT molecular complexity index is 638. The number of ether oxygens (including phenoxy) is 2. The Morgan fingerprint density at radius 3 is 2.62 bits per heavy atom. The molecule has 0 spiro atoms. The van der Waals surface area contributed by atoms with Crippen LogP contribution in [-0.2, 0) is 0 Å². The van der Waals surface area contributed by atoms with E-state index in [1.807, 2.05) is 0 Å². The molecule has 2 rings (SSSR count). The van der Waals surface area contributed by atoms with Gasteiger partial charge in [-0.1, -0.05) is 0 Å². The minimum atomic E-state index is -0.415. The lowest BCUT2D eigenvalue weighted by molar-refractivity contribution is 0.0992. The Hall–Kier alpha value is -2.83. The number of rotatable bonds is 5. The van der Waals surface area contributed by atoms with E-state index >= 15 is 0 Å². The molecule has 0 aliphatic carbocycles. The van der Waals surface area contributed by atoms with Gasteiger partial charge in [-0.15, -0.1) is 0 Å². The monoisotopic (exact) mass is 289 g/mol. The van der Waals surface area contributed by atoms with Gasteiger partial charge < -0.3 is 14.8 Å². The van der Waals surface area contributed by atoms with Gasteiger partial charge in [-0.05, 0) is 18.2 Å². The number of aromatic nitrogens is 2. The molecule has 0 fully saturated rings. The number of carbonyl (C=O) groups excluding carboxylic acids is 2. The molecule has 0 bridgehead atoms. The van der Waals surface area contributed by atoms with Crippen molar-refractivity contribution in [2.45, 2.75) is 0 Å². The van der Waals surface area contributed by atoms with Gasteiger partial charge in [0, 0.05) is 18.0 Å². The number of ketones is 1. The number of nitrogens with zero attached hydrogens (tertiary/aromatic N) is 2. The highest BCUT2D eigenvalue weighted by molar-refractivity contribution is 5.99. The van der Waals surface area contributed by atoms with Crippen molar-refractivity contribution in [3.8, 4) is 11.5 Å². The van der Waals surface area contributed by atoms with Crippen molar-refractivity contribution in [1.82, 2.24) is 14.9 Å². The first-order chi connectivity index (χ1) is 10.2. The molecule has 1 amide bonds. The molecule has 21 heavy (non-hydrogen) atoms. The molecule has 0 aliphatic heterocycles. The SMILES string of the molecule is COc1ccc(C(=O)CNC(=O)n2ccnc2)cc1OC. The molecular weight excluding hydrogens is 274 g/mol. The van der Waals surface area contributed by atoms with E-state index in [9.17, 15) is 9.59 Å². The lowest BCUT2D eigenvalue weighted by atomic mass is 10.1. The van der Waals surface area contributed by atoms with Crippen LogP contribution in [-0.4, -0.2) is 42.1 Å². The third kappa shape index (κ3) is 3.38. The van der Waals surface area contributed by atoms with E-state index in [0.29, 0.717) is 17.1 Å². The van der Waals surface area contributed by atoms with Crippen LogP contribution in [0, 0.1) is 0 Å². The van der Waals surface area contributed by atoms with Crippen LogP contribution in [0.4, 0.5) is 4.79 Å². The van der Waals surface area contributed by atoms with Crippen LogP contribution in [0.5, 0.6) is 11.5 Å². The zero-order valence-electron chi connectivity index (χ0n) is 11.7. The van der Waals surface area contributed by atoms with E-state index in [1.54, 1.807) is 18.2 Å². The third-order valence-corrected chi connectivity index (χ3v) is 2.84. The lowest BCUT2D eigenvalue weighted by Gasteiger charge is -2.09. The van der Waals surface area contributed by atoms with E-state index < -0.39 is 6.03 Å². The van der Waals surface area contributed by atoms with Crippen LogP contribution in [0.1, 0.15) is 10.4 Å². The Labute approximate surface area is 121 Å². The second kappa shape index (κ2) is 6.56. The van der Waals surface area contributed by atoms with Gasteiger partial charge in [0.25, 0.3) is 0 Å². The molecule has 0 aliphatic rings. The van der Waals surface area contributed by atoms with E-state index in [4.69, 9.17) is 9.47 Å². The number of benzene rings is 1. The van der Waals surface area contributed by atoms with E-state index in [-0.39, 0.29) is 12.3 Å². The van der Waals surface area contributed by atoms with E-state index in [2.05, 4.69) is 10.3 Å². The molecule has 0 unspecified atom stereocenters. The molecule has 0 radical (unpaired) electrons. The zero-order chi connectivity index (χ0) is 15.2. The standard InChI is InChI=1S/C14H15N3O4/c1-20-12-4-3-10(7-13(12)21-2)11(18)8-16-14(19)17-6-5-15-9-17/h3-7,9H,8H2,1-2H3,(H,16,19). The zero-order valence-corrected chi connectivity index (χ0v) is 11.7. The summed E-state index contributed by atoms with van der Waals surface area (Å²) in [4.78, 5) is 27.5. The maximum atomic E-state index is 12.1. The highest BCUT2D eigenvalue weighted by Crippen LogP contribution is 2.27. The van der Waals surface area contributed by atoms with Gasteiger partial charge in [-0.25, -0.2) is 9.78 Å². The fourth-order valence-corrected chi connectivity index (χ4v) is 1.74. The van der Waals surface area contributed by atoms with Crippen LogP contribution in [0.15, 0.2) is 36.9 Å². The summed E-state index contributed by atoms with van der Waals surface area (Å²) in [5.74, 6) is 0.769. The number of hydrogen-bond donors (Lipinski definition) is 1. The van der Waals surface area contributed by atoms with Crippen molar-refractivity contribution in [1.29, 1.82) is 0 Å². The molecule has 0 saturated carbocycles. The summed E-state index contributed by atoms with van der Waals surface area (Å²) >= 11 is 0. The normalized spacial score (nSPS) is 10.0. The number of amides is 1. The maximum absolute atomic E-state index is 12.1. The van der Waals surface area contributed by atoms with Crippen molar-refractivity contribution in [2.24, 2.45) is 0 Å². The average molecular weight is 289 g/mol. The predicted molar refractivity (Wildman–Crippen MR) is 74.9 cm³/mol. The molecule has 7 heteroatoms. The Balaban J connectivity index is 2.02. The molecule has 2 aromatic rings. The number of hydrogen-bond acceptors (Lipinski definition) is 5. The summed E-state index contributed by atoms with van der Waals surface area (Å²) in [6.45, 7) is -0.119. The lowest BCUT2D eigenvalue weighted by Crippen LogP contribution is -2.32. The van der Waals surface area contributed by atoms with Crippen LogP contribution < -0.4 is 14.8 Å². The van der Waals surface area contributed by atoms with Crippen LogP contribution in [0.25, 0.3) is 0 Å². The summed E-state index contributed by atoms with van der Waals surface area (Å²) in [6, 6.07) is 4.42. The van der Waals surface area contributed by atoms with Crippen LogP contribution >= 0.6 is 0 Å². The molecule has 1 N–H and O–H groups in total. The van der Waals surface area contributed by atoms with Gasteiger partial charge in [0.15, 0.2) is 17.3 Å². The van der Waals surface area contributed by atoms with E-state index in [0.717, 1.165) is 0 Å². The van der Waals surface area contributed by atoms with Crippen molar-refractivity contribution < 1.29 is 19.1 Å².